The Hall–Kier alpha value is -9.07. The summed E-state index contributed by atoms with van der Waals surface area (Å²) in [4.78, 5) is 110. The predicted molar refractivity (Wildman–Crippen MR) is 288 cm³/mol. The smallest absolute Gasteiger partial charge is 0.410 e. The number of imide groups is 1. The van der Waals surface area contributed by atoms with E-state index in [2.05, 4.69) is 31.0 Å². The number of nitrogens with two attached hydrogens (primary N) is 1. The van der Waals surface area contributed by atoms with Crippen molar-refractivity contribution in [3.05, 3.63) is 144 Å². The third kappa shape index (κ3) is 14.6. The molecule has 0 unspecified atom stereocenters. The van der Waals surface area contributed by atoms with Crippen LogP contribution >= 0.6 is 0 Å². The van der Waals surface area contributed by atoms with Crippen LogP contribution < -0.4 is 21.7 Å². The number of hydrogen-bond donors (Lipinski definition) is 5. The predicted octanol–water partition coefficient (Wildman–Crippen LogP) is 7.57. The minimum Gasteiger partial charge on any atom is -0.445 e. The van der Waals surface area contributed by atoms with Crippen LogP contribution in [0.5, 0.6) is 0 Å². The number of benzene rings is 3. The van der Waals surface area contributed by atoms with Gasteiger partial charge in [0.05, 0.1) is 29.7 Å². The van der Waals surface area contributed by atoms with Crippen LogP contribution in [0.1, 0.15) is 81.4 Å². The van der Waals surface area contributed by atoms with Crippen molar-refractivity contribution in [2.45, 2.75) is 91.5 Å². The molecule has 0 saturated carbocycles. The maximum Gasteiger partial charge on any atom is 0.410 e. The number of aryl methyl sites for hydroxylation is 1. The summed E-state index contributed by atoms with van der Waals surface area (Å²) in [5.41, 5.74) is 11.5. The maximum absolute atomic E-state index is 14.3. The number of pyridine rings is 2. The van der Waals surface area contributed by atoms with Gasteiger partial charge in [0.15, 0.2) is 11.4 Å². The number of unbranched alkanes of at least 4 members (excludes halogenated alkanes) is 2. The molecule has 5 heterocycles. The molecule has 77 heavy (non-hydrogen) atoms. The van der Waals surface area contributed by atoms with Crippen LogP contribution in [0.25, 0.3) is 39.1 Å². The third-order valence-corrected chi connectivity index (χ3v) is 13.2. The van der Waals surface area contributed by atoms with Crippen LogP contribution in [0.3, 0.4) is 0 Å². The Balaban J connectivity index is 0.921. The van der Waals surface area contributed by atoms with Crippen molar-refractivity contribution in [3.8, 4) is 22.6 Å². The van der Waals surface area contributed by atoms with Crippen molar-refractivity contribution in [1.29, 1.82) is 0 Å². The van der Waals surface area contributed by atoms with Gasteiger partial charge < -0.3 is 31.4 Å². The van der Waals surface area contributed by atoms with Gasteiger partial charge in [-0.2, -0.15) is 5.10 Å². The van der Waals surface area contributed by atoms with Gasteiger partial charge in [0.2, 0.25) is 11.8 Å². The number of ether oxygens (including phenoxy) is 1. The largest absolute Gasteiger partial charge is 0.445 e. The number of H-pyrrole nitrogens is 1. The molecule has 6 N–H and O–H groups in total. The molecular weight excluding hydrogens is 981 g/mol. The minimum absolute atomic E-state index is 0.0562. The fraction of sp³-hybridized carbons (Fsp3) is 0.316. The first-order chi connectivity index (χ1) is 37.2. The highest BCUT2D eigenvalue weighted by atomic mass is 16.6. The van der Waals surface area contributed by atoms with E-state index in [-0.39, 0.29) is 81.5 Å². The summed E-state index contributed by atoms with van der Waals surface area (Å²) in [6.07, 6.45) is 7.38. The Labute approximate surface area is 444 Å². The lowest BCUT2D eigenvalue weighted by Gasteiger charge is -2.24. The normalized spacial score (nSPS) is 13.0. The minimum atomic E-state index is -0.857. The first kappa shape index (κ1) is 54.2. The van der Waals surface area contributed by atoms with Crippen LogP contribution in [0, 0.1) is 18.8 Å². The molecule has 4 aromatic heterocycles. The summed E-state index contributed by atoms with van der Waals surface area (Å²) >= 11 is 0. The van der Waals surface area contributed by atoms with Crippen molar-refractivity contribution in [3.63, 3.8) is 0 Å². The van der Waals surface area contributed by atoms with Gasteiger partial charge in [-0.3, -0.25) is 38.8 Å². The number of imidazole rings is 1. The number of nitrogens with zero attached hydrogens (tertiary/aromatic N) is 7. The molecule has 0 spiro atoms. The Bertz CT molecular complexity index is 3290. The molecule has 1 aliphatic rings. The molecule has 0 saturated heterocycles. The van der Waals surface area contributed by atoms with E-state index in [1.165, 1.54) is 18.5 Å². The molecular formula is C57H62N12O8. The highest BCUT2D eigenvalue weighted by Gasteiger charge is 2.30. The lowest BCUT2D eigenvalue weighted by molar-refractivity contribution is -0.137. The van der Waals surface area contributed by atoms with Crippen LogP contribution in [-0.4, -0.2) is 100 Å². The number of carbonyl (C=O) groups is 7. The average molecular weight is 1040 g/mol. The van der Waals surface area contributed by atoms with Crippen LogP contribution in [-0.2, 0) is 48.4 Å². The van der Waals surface area contributed by atoms with E-state index in [0.717, 1.165) is 32.5 Å². The second-order valence-corrected chi connectivity index (χ2v) is 19.4. The van der Waals surface area contributed by atoms with Crippen molar-refractivity contribution < 1.29 is 38.3 Å². The number of fused-ring (bicyclic) bond motifs is 2. The first-order valence-electron chi connectivity index (χ1n) is 25.7. The lowest BCUT2D eigenvalue weighted by atomic mass is 9.89. The zero-order chi connectivity index (χ0) is 54.4. The molecule has 7 amide bonds. The number of aromatic amines is 1. The maximum atomic E-state index is 14.3. The topological polar surface area (TPSA) is 269 Å². The van der Waals surface area contributed by atoms with Gasteiger partial charge in [0, 0.05) is 73.7 Å². The monoisotopic (exact) mass is 1040 g/mol. The molecule has 20 nitrogen and oxygen atoms in total. The number of hydrogen-bond acceptors (Lipinski definition) is 12. The number of anilines is 1. The fourth-order valence-electron chi connectivity index (χ4n) is 9.12. The highest BCUT2D eigenvalue weighted by Crippen LogP contribution is 2.31. The second-order valence-electron chi connectivity index (χ2n) is 19.4. The summed E-state index contributed by atoms with van der Waals surface area (Å²) in [5.74, 6) is -2.37. The average Bonchev–Trinajstić information content (AvgIpc) is 4.16. The molecule has 3 aromatic carbocycles. The Morgan fingerprint density at radius 3 is 2.34 bits per heavy atom. The Morgan fingerprint density at radius 1 is 0.818 bits per heavy atom. The number of rotatable bonds is 25. The number of urea groups is 1. The van der Waals surface area contributed by atoms with Crippen molar-refractivity contribution in [2.24, 2.45) is 17.6 Å². The Kier molecular flexibility index (Phi) is 17.9. The van der Waals surface area contributed by atoms with Crippen molar-refractivity contribution in [1.82, 2.24) is 50.0 Å². The molecule has 0 radical (unpaired) electrons. The summed E-state index contributed by atoms with van der Waals surface area (Å²) < 4.78 is 7.65. The number of ketones is 1. The molecule has 0 aliphatic carbocycles. The van der Waals surface area contributed by atoms with Crippen LogP contribution in [0.2, 0.25) is 0 Å². The number of Topliss-reactive ketones (excluding diaryl/α,β-unsaturated/α-hetero) is 1. The van der Waals surface area contributed by atoms with E-state index in [4.69, 9.17) is 20.4 Å². The van der Waals surface area contributed by atoms with Gasteiger partial charge in [-0.25, -0.2) is 24.1 Å². The molecule has 398 valence electrons. The zero-order valence-corrected chi connectivity index (χ0v) is 43.2. The van der Waals surface area contributed by atoms with Gasteiger partial charge in [-0.1, -0.05) is 74.9 Å². The highest BCUT2D eigenvalue weighted by molar-refractivity contribution is 6.12. The Morgan fingerprint density at radius 2 is 1.58 bits per heavy atom. The quantitative estimate of drug-likeness (QED) is 0.0274. The van der Waals surface area contributed by atoms with E-state index in [9.17, 15) is 33.6 Å². The summed E-state index contributed by atoms with van der Waals surface area (Å²) in [6.45, 7) is 6.16. The number of aromatic nitrogens is 6. The second kappa shape index (κ2) is 25.4. The van der Waals surface area contributed by atoms with Crippen LogP contribution in [0.15, 0.2) is 122 Å². The van der Waals surface area contributed by atoms with Gasteiger partial charge >= 0.3 is 12.1 Å². The molecule has 20 heteroatoms. The third-order valence-electron chi connectivity index (χ3n) is 13.2. The van der Waals surface area contributed by atoms with Crippen molar-refractivity contribution >= 4 is 63.6 Å². The van der Waals surface area contributed by atoms with Crippen LogP contribution in [0.4, 0.5) is 15.3 Å². The summed E-state index contributed by atoms with van der Waals surface area (Å²) in [5, 5.41) is 14.7. The van der Waals surface area contributed by atoms with E-state index < -0.39 is 30.0 Å². The molecule has 7 aromatic rings. The van der Waals surface area contributed by atoms with Crippen molar-refractivity contribution in [2.75, 3.05) is 18.4 Å². The number of nitrogens with one attached hydrogen (secondary N) is 4. The number of carbonyl (C=O) groups excluding carboxylic acids is 7. The van der Waals surface area contributed by atoms with Gasteiger partial charge in [-0.15, -0.1) is 0 Å². The fourth-order valence-corrected chi connectivity index (χ4v) is 9.12. The zero-order valence-electron chi connectivity index (χ0n) is 43.2. The SMILES string of the molecule is Cc1cccc(-c2[nH]c(CN(Cc3ccc4ccccc4c3)C(=O)OCc3ccc(NC(=O)[C@H](CCCNC(N)=O)CC(=O)[C@@H](NC(=O)CCCCCN4C(=O)C=CC4=O)C(C)C)cc3)nc2-c2ccc3ncnn3c2)n1. The van der Waals surface area contributed by atoms with Gasteiger partial charge in [-0.05, 0) is 103 Å². The molecule has 0 fully saturated rings. The van der Waals surface area contributed by atoms with E-state index in [1.54, 1.807) is 33.7 Å². The molecule has 0 bridgehead atoms. The van der Waals surface area contributed by atoms with E-state index >= 15 is 0 Å². The van der Waals surface area contributed by atoms with E-state index in [1.807, 2.05) is 99.8 Å². The summed E-state index contributed by atoms with van der Waals surface area (Å²) in [6, 6.07) is 28.8. The molecule has 2 atom stereocenters. The van der Waals surface area contributed by atoms with Gasteiger partial charge in [0.1, 0.15) is 18.8 Å². The summed E-state index contributed by atoms with van der Waals surface area (Å²) in [7, 11) is 0. The standard InChI is InChI=1S/C57H62N12O8/c1-36(2)52(66-49(71)16-5-4-8-28-68-50(72)25-26-51(68)73)46(70)30-42(14-10-27-59-56(58)75)55(74)63-44-22-18-38(19-23-44)34-77-57(76)67(31-39-17-20-40-12-6-7-13-41(40)29-39)33-47-64-53(43-21-24-48-60-35-61-69(48)32-43)54(65-47)45-15-9-11-37(3)62-45/h6-7,9,11-13,15,17-26,29,32,35-36,42,52H,4-5,8,10,14,16,27-28,30-31,33-34H2,1-3H3,(H,63,74)(H,64,65)(H,66,71)(H3,58,59,75)/t42-,52+/m1/s1. The first-order valence-corrected chi connectivity index (χ1v) is 25.7. The molecule has 1 aliphatic heterocycles. The number of primary amides is 1. The molecule has 8 rings (SSSR count). The lowest BCUT2D eigenvalue weighted by Crippen LogP contribution is -2.45. The van der Waals surface area contributed by atoms with E-state index in [0.29, 0.717) is 65.5 Å². The van der Waals surface area contributed by atoms with Gasteiger partial charge in [0.25, 0.3) is 11.8 Å². The number of amides is 7.